The molecular weight excluding hydrogens is 201 g/mol. The molecule has 1 aromatic carbocycles. The van der Waals surface area contributed by atoms with E-state index in [1.54, 1.807) is 19.9 Å². The molecule has 0 amide bonds. The van der Waals surface area contributed by atoms with Gasteiger partial charge in [0.05, 0.1) is 5.56 Å². The van der Waals surface area contributed by atoms with Gasteiger partial charge >= 0.3 is 6.18 Å². The Bertz CT molecular complexity index is 362. The van der Waals surface area contributed by atoms with Crippen LogP contribution in [-0.4, -0.2) is 0 Å². The summed E-state index contributed by atoms with van der Waals surface area (Å²) >= 11 is 0. The molecule has 0 spiro atoms. The first-order chi connectivity index (χ1) is 6.88. The van der Waals surface area contributed by atoms with E-state index >= 15 is 0 Å². The molecule has 0 bridgehead atoms. The number of benzene rings is 1. The third kappa shape index (κ3) is 2.41. The molecule has 0 fully saturated rings. The molecule has 0 aliphatic rings. The molecule has 0 saturated heterocycles. The largest absolute Gasteiger partial charge is 0.417 e. The standard InChI is InChI=1S/C12H12F3/c1-4-9-6-5-7-10(8(2)3)11(9)12(13,14)15/h5-8H,1H2,2-3H3. The van der Waals surface area contributed by atoms with Crippen molar-refractivity contribution in [3.63, 3.8) is 0 Å². The van der Waals surface area contributed by atoms with Crippen LogP contribution in [0.2, 0.25) is 0 Å². The van der Waals surface area contributed by atoms with Crippen LogP contribution in [0.15, 0.2) is 24.8 Å². The Hall–Kier alpha value is -1.25. The molecule has 1 radical (unpaired) electrons. The van der Waals surface area contributed by atoms with Crippen molar-refractivity contribution in [1.82, 2.24) is 0 Å². The molecule has 0 aromatic heterocycles. The Morgan fingerprint density at radius 3 is 2.27 bits per heavy atom. The van der Waals surface area contributed by atoms with Gasteiger partial charge < -0.3 is 0 Å². The van der Waals surface area contributed by atoms with Gasteiger partial charge in [-0.3, -0.25) is 0 Å². The summed E-state index contributed by atoms with van der Waals surface area (Å²) in [6.07, 6.45) is -2.02. The number of hydrogen-bond acceptors (Lipinski definition) is 0. The molecule has 0 aliphatic carbocycles. The molecule has 3 heteroatoms. The number of hydrogen-bond donors (Lipinski definition) is 0. The van der Waals surface area contributed by atoms with Crippen LogP contribution in [-0.2, 0) is 6.18 Å². The maximum atomic E-state index is 12.8. The van der Waals surface area contributed by atoms with Crippen molar-refractivity contribution in [2.24, 2.45) is 0 Å². The fourth-order valence-corrected chi connectivity index (χ4v) is 1.51. The molecule has 0 nitrogen and oxygen atoms in total. The van der Waals surface area contributed by atoms with Crippen molar-refractivity contribution in [3.05, 3.63) is 47.5 Å². The van der Waals surface area contributed by atoms with Crippen LogP contribution in [0.3, 0.4) is 0 Å². The molecule has 15 heavy (non-hydrogen) atoms. The van der Waals surface area contributed by atoms with E-state index in [0.29, 0.717) is 0 Å². The summed E-state index contributed by atoms with van der Waals surface area (Å²) in [5, 5.41) is 0. The Balaban J connectivity index is 3.47. The third-order valence-corrected chi connectivity index (χ3v) is 2.19. The molecule has 0 N–H and O–H groups in total. The maximum Gasteiger partial charge on any atom is 0.417 e. The minimum Gasteiger partial charge on any atom is -0.166 e. The average molecular weight is 213 g/mol. The zero-order valence-electron chi connectivity index (χ0n) is 8.65. The Labute approximate surface area is 87.4 Å². The Morgan fingerprint density at radius 2 is 1.87 bits per heavy atom. The first-order valence-corrected chi connectivity index (χ1v) is 4.61. The highest BCUT2D eigenvalue weighted by Gasteiger charge is 2.35. The van der Waals surface area contributed by atoms with Crippen LogP contribution in [0, 0.1) is 6.08 Å². The van der Waals surface area contributed by atoms with Gasteiger partial charge in [-0.05, 0) is 23.1 Å². The molecule has 0 heterocycles. The third-order valence-electron chi connectivity index (χ3n) is 2.19. The minimum absolute atomic E-state index is 0.0219. The van der Waals surface area contributed by atoms with Gasteiger partial charge in [0.1, 0.15) is 0 Å². The summed E-state index contributed by atoms with van der Waals surface area (Å²) < 4.78 is 38.4. The molecule has 0 saturated carbocycles. The molecule has 1 aromatic rings. The molecule has 1 rings (SSSR count). The maximum absolute atomic E-state index is 12.8. The van der Waals surface area contributed by atoms with E-state index in [0.717, 1.165) is 0 Å². The fraction of sp³-hybridized carbons (Fsp3) is 0.333. The van der Waals surface area contributed by atoms with Crippen molar-refractivity contribution in [3.8, 4) is 0 Å². The summed E-state index contributed by atoms with van der Waals surface area (Å²) in [7, 11) is 0. The lowest BCUT2D eigenvalue weighted by molar-refractivity contribution is -0.138. The van der Waals surface area contributed by atoms with Crippen LogP contribution in [0.25, 0.3) is 0 Å². The van der Waals surface area contributed by atoms with Gasteiger partial charge in [-0.1, -0.05) is 38.6 Å². The van der Waals surface area contributed by atoms with Crippen molar-refractivity contribution < 1.29 is 13.2 Å². The van der Waals surface area contributed by atoms with Gasteiger partial charge in [0.25, 0.3) is 0 Å². The quantitative estimate of drug-likeness (QED) is 0.691. The summed E-state index contributed by atoms with van der Waals surface area (Å²) in [6.45, 7) is 6.75. The highest BCUT2D eigenvalue weighted by atomic mass is 19.4. The topological polar surface area (TPSA) is 0 Å². The predicted octanol–water partition coefficient (Wildman–Crippen LogP) is 4.17. The van der Waals surface area contributed by atoms with Crippen LogP contribution in [0.4, 0.5) is 13.2 Å². The van der Waals surface area contributed by atoms with E-state index in [9.17, 15) is 13.2 Å². The molecule has 0 atom stereocenters. The molecule has 0 unspecified atom stereocenters. The van der Waals surface area contributed by atoms with Crippen molar-refractivity contribution in [2.45, 2.75) is 25.9 Å². The Kier molecular flexibility index (Phi) is 3.22. The SMILES string of the molecule is C=[C]c1cccc(C(C)C)c1C(F)(F)F. The van der Waals surface area contributed by atoms with Crippen LogP contribution < -0.4 is 0 Å². The highest BCUT2D eigenvalue weighted by molar-refractivity contribution is 5.42. The van der Waals surface area contributed by atoms with Gasteiger partial charge in [-0.2, -0.15) is 13.2 Å². The second-order valence-electron chi connectivity index (χ2n) is 3.60. The lowest BCUT2D eigenvalue weighted by atomic mass is 9.93. The van der Waals surface area contributed by atoms with Crippen LogP contribution in [0.1, 0.15) is 36.5 Å². The van der Waals surface area contributed by atoms with Gasteiger partial charge in [-0.25, -0.2) is 0 Å². The van der Waals surface area contributed by atoms with E-state index in [2.05, 4.69) is 12.7 Å². The Morgan fingerprint density at radius 1 is 1.27 bits per heavy atom. The van der Waals surface area contributed by atoms with E-state index in [-0.39, 0.29) is 17.0 Å². The van der Waals surface area contributed by atoms with E-state index in [4.69, 9.17) is 0 Å². The lowest BCUT2D eigenvalue weighted by Gasteiger charge is -2.17. The summed E-state index contributed by atoms with van der Waals surface area (Å²) in [6, 6.07) is 4.47. The van der Waals surface area contributed by atoms with Gasteiger partial charge in [-0.15, -0.1) is 0 Å². The first kappa shape index (κ1) is 11.8. The normalized spacial score (nSPS) is 11.9. The first-order valence-electron chi connectivity index (χ1n) is 4.61. The van der Waals surface area contributed by atoms with Gasteiger partial charge in [0.2, 0.25) is 0 Å². The lowest BCUT2D eigenvalue weighted by Crippen LogP contribution is -2.12. The second kappa shape index (κ2) is 4.09. The van der Waals surface area contributed by atoms with E-state index < -0.39 is 11.7 Å². The zero-order valence-corrected chi connectivity index (χ0v) is 8.65. The summed E-state index contributed by atoms with van der Waals surface area (Å²) in [5.41, 5.74) is -0.306. The number of alkyl halides is 3. The monoisotopic (exact) mass is 213 g/mol. The van der Waals surface area contributed by atoms with E-state index in [1.807, 2.05) is 0 Å². The van der Waals surface area contributed by atoms with E-state index in [1.165, 1.54) is 12.1 Å². The van der Waals surface area contributed by atoms with Crippen molar-refractivity contribution in [1.29, 1.82) is 0 Å². The zero-order chi connectivity index (χ0) is 11.6. The molecule has 0 aliphatic heterocycles. The number of halogens is 3. The van der Waals surface area contributed by atoms with Gasteiger partial charge in [0.15, 0.2) is 0 Å². The number of rotatable bonds is 2. The molecule has 81 valence electrons. The molecular formula is C12H12F3. The second-order valence-corrected chi connectivity index (χ2v) is 3.60. The average Bonchev–Trinajstić information content (AvgIpc) is 2.15. The van der Waals surface area contributed by atoms with Crippen molar-refractivity contribution >= 4 is 0 Å². The fourth-order valence-electron chi connectivity index (χ4n) is 1.51. The summed E-state index contributed by atoms with van der Waals surface area (Å²) in [5.74, 6) is -0.171. The smallest absolute Gasteiger partial charge is 0.166 e. The van der Waals surface area contributed by atoms with Crippen LogP contribution >= 0.6 is 0 Å². The van der Waals surface area contributed by atoms with Gasteiger partial charge in [0, 0.05) is 0 Å². The predicted molar refractivity (Wildman–Crippen MR) is 53.5 cm³/mol. The van der Waals surface area contributed by atoms with Crippen LogP contribution in [0.5, 0.6) is 0 Å². The summed E-state index contributed by atoms with van der Waals surface area (Å²) in [4.78, 5) is 0. The highest BCUT2D eigenvalue weighted by Crippen LogP contribution is 2.37. The van der Waals surface area contributed by atoms with Crippen molar-refractivity contribution in [2.75, 3.05) is 0 Å². The minimum atomic E-state index is -4.35.